The smallest absolute Gasteiger partial charge is 0.332 e. The molecule has 0 aromatic carbocycles. The molecule has 0 spiro atoms. The van der Waals surface area contributed by atoms with E-state index in [1.165, 1.54) is 11.8 Å². The Bertz CT molecular complexity index is 587. The second kappa shape index (κ2) is 9.82. The van der Waals surface area contributed by atoms with Crippen molar-refractivity contribution >= 4 is 35.6 Å². The van der Waals surface area contributed by atoms with Gasteiger partial charge in [-0.25, -0.2) is 9.59 Å². The number of carboxylic acids is 1. The monoisotopic (exact) mass is 401 g/mol. The van der Waals surface area contributed by atoms with E-state index in [1.54, 1.807) is 0 Å². The number of unbranched alkanes of at least 4 members (excludes halogenated alkanes) is 3. The Morgan fingerprint density at radius 2 is 1.96 bits per heavy atom. The molecule has 27 heavy (non-hydrogen) atoms. The van der Waals surface area contributed by atoms with Crippen molar-refractivity contribution < 1.29 is 29.1 Å². The van der Waals surface area contributed by atoms with E-state index in [4.69, 9.17) is 9.94 Å². The molecular formula is C17H27N3O6S. The minimum absolute atomic E-state index is 0.0213. The van der Waals surface area contributed by atoms with Crippen LogP contribution in [0.15, 0.2) is 0 Å². The molecule has 0 aromatic rings. The van der Waals surface area contributed by atoms with E-state index < -0.39 is 28.6 Å². The number of fused-ring (bicyclic) bond motifs is 1. The summed E-state index contributed by atoms with van der Waals surface area (Å²) in [6, 6.07) is -0.948. The maximum Gasteiger partial charge on any atom is 0.332 e. The van der Waals surface area contributed by atoms with Crippen molar-refractivity contribution in [2.75, 3.05) is 5.75 Å². The largest absolute Gasteiger partial charge is 0.481 e. The molecule has 2 heterocycles. The molecule has 0 unspecified atom stereocenters. The van der Waals surface area contributed by atoms with Crippen molar-refractivity contribution in [2.24, 2.45) is 0 Å². The molecule has 2 rings (SSSR count). The summed E-state index contributed by atoms with van der Waals surface area (Å²) in [5.74, 6) is -1.29. The molecule has 2 saturated heterocycles. The number of nitrogens with one attached hydrogen (secondary N) is 3. The van der Waals surface area contributed by atoms with Crippen LogP contribution in [0.3, 0.4) is 0 Å². The normalized spacial score (nSPS) is 26.0. The summed E-state index contributed by atoms with van der Waals surface area (Å²) < 4.78 is -0.994. The number of carbonyl (C=O) groups excluding carboxylic acids is 3. The van der Waals surface area contributed by atoms with Gasteiger partial charge in [-0.1, -0.05) is 26.2 Å². The fourth-order valence-corrected chi connectivity index (χ4v) is 5.03. The first-order valence-corrected chi connectivity index (χ1v) is 10.3. The average molecular weight is 401 g/mol. The summed E-state index contributed by atoms with van der Waals surface area (Å²) in [7, 11) is 0. The van der Waals surface area contributed by atoms with Crippen LogP contribution in [0, 0.1) is 0 Å². The molecule has 3 amide bonds. The van der Waals surface area contributed by atoms with Gasteiger partial charge in [0.25, 0.3) is 5.91 Å². The Hall–Kier alpha value is -1.97. The topological polar surface area (TPSA) is 134 Å². The zero-order valence-electron chi connectivity index (χ0n) is 15.4. The van der Waals surface area contributed by atoms with E-state index in [1.807, 2.05) is 6.92 Å². The molecule has 152 valence electrons. The molecular weight excluding hydrogens is 374 g/mol. The summed E-state index contributed by atoms with van der Waals surface area (Å²) >= 11 is 1.40. The van der Waals surface area contributed by atoms with Crippen LogP contribution in [-0.4, -0.2) is 51.6 Å². The molecule has 3 atom stereocenters. The lowest BCUT2D eigenvalue weighted by Crippen LogP contribution is -2.56. The van der Waals surface area contributed by atoms with Crippen LogP contribution in [0.5, 0.6) is 0 Å². The number of urea groups is 1. The Balaban J connectivity index is 1.97. The summed E-state index contributed by atoms with van der Waals surface area (Å²) in [5.41, 5.74) is 2.26. The summed E-state index contributed by atoms with van der Waals surface area (Å²) in [6.45, 7) is 2.03. The second-order valence-corrected chi connectivity index (χ2v) is 8.22. The first-order chi connectivity index (χ1) is 12.9. The number of carbonyl (C=O) groups is 4. The number of aliphatic carboxylic acids is 1. The highest BCUT2D eigenvalue weighted by molar-refractivity contribution is 8.01. The Morgan fingerprint density at radius 3 is 2.67 bits per heavy atom. The van der Waals surface area contributed by atoms with Crippen LogP contribution in [0.25, 0.3) is 0 Å². The van der Waals surface area contributed by atoms with Crippen LogP contribution in [0.1, 0.15) is 58.3 Å². The van der Waals surface area contributed by atoms with Crippen LogP contribution in [-0.2, 0) is 19.2 Å². The van der Waals surface area contributed by atoms with Crippen LogP contribution >= 0.6 is 11.8 Å². The third kappa shape index (κ3) is 5.50. The first-order valence-electron chi connectivity index (χ1n) is 9.32. The lowest BCUT2D eigenvalue weighted by molar-refractivity contribution is -0.159. The lowest BCUT2D eigenvalue weighted by atomic mass is 9.89. The van der Waals surface area contributed by atoms with Gasteiger partial charge in [-0.05, 0) is 19.3 Å². The summed E-state index contributed by atoms with van der Waals surface area (Å²) in [6.07, 6.45) is 4.17. The van der Waals surface area contributed by atoms with Crippen LogP contribution in [0.4, 0.5) is 4.79 Å². The molecule has 2 fully saturated rings. The van der Waals surface area contributed by atoms with Crippen LogP contribution in [0.2, 0.25) is 0 Å². The highest BCUT2D eigenvalue weighted by Gasteiger charge is 2.58. The second-order valence-electron chi connectivity index (χ2n) is 6.87. The van der Waals surface area contributed by atoms with Crippen molar-refractivity contribution in [3.8, 4) is 0 Å². The van der Waals surface area contributed by atoms with Crippen molar-refractivity contribution in [1.29, 1.82) is 0 Å². The molecule has 0 aromatic heterocycles. The van der Waals surface area contributed by atoms with Gasteiger partial charge in [0.05, 0.1) is 12.1 Å². The molecule has 0 bridgehead atoms. The van der Waals surface area contributed by atoms with Crippen molar-refractivity contribution in [3.05, 3.63) is 0 Å². The number of hydroxylamine groups is 1. The summed E-state index contributed by atoms with van der Waals surface area (Å²) in [5, 5.41) is 14.3. The molecule has 4 N–H and O–H groups in total. The number of hydrogen-bond donors (Lipinski definition) is 4. The van der Waals surface area contributed by atoms with Crippen molar-refractivity contribution in [2.45, 2.75) is 75.1 Å². The molecule has 2 aliphatic heterocycles. The highest BCUT2D eigenvalue weighted by atomic mass is 32.2. The quantitative estimate of drug-likeness (QED) is 0.246. The van der Waals surface area contributed by atoms with Crippen molar-refractivity contribution in [1.82, 2.24) is 16.1 Å². The third-order valence-corrected chi connectivity index (χ3v) is 6.53. The van der Waals surface area contributed by atoms with E-state index in [9.17, 15) is 19.2 Å². The Morgan fingerprint density at radius 1 is 1.22 bits per heavy atom. The van der Waals surface area contributed by atoms with Gasteiger partial charge in [-0.2, -0.15) is 5.48 Å². The maximum absolute atomic E-state index is 12.9. The lowest BCUT2D eigenvalue weighted by Gasteiger charge is -2.31. The molecule has 0 aliphatic carbocycles. The number of hydrogen-bond acceptors (Lipinski definition) is 6. The van der Waals surface area contributed by atoms with Gasteiger partial charge in [-0.15, -0.1) is 11.8 Å². The Labute approximate surface area is 162 Å². The molecule has 9 nitrogen and oxygen atoms in total. The number of rotatable bonds is 10. The highest BCUT2D eigenvalue weighted by Crippen LogP contribution is 2.44. The average Bonchev–Trinajstić information content (AvgIpc) is 3.15. The van der Waals surface area contributed by atoms with Crippen LogP contribution < -0.4 is 16.1 Å². The van der Waals surface area contributed by atoms with E-state index in [2.05, 4.69) is 16.1 Å². The zero-order chi connectivity index (χ0) is 19.9. The van der Waals surface area contributed by atoms with Gasteiger partial charge in [0.1, 0.15) is 4.75 Å². The van der Waals surface area contributed by atoms with Crippen molar-refractivity contribution in [3.63, 3.8) is 0 Å². The molecule has 0 saturated carbocycles. The standard InChI is InChI=1S/C17H27N3O6S/c1-2-3-4-8-13(23)26-20-15(24)17(9-6-5-7-12(21)22)14-11(10-27-17)18-16(25)19-14/h11,14H,2-10H2,1H3,(H,20,24)(H,21,22)(H2,18,19,25)/t11-,14-,17-/m0/s1. The number of carboxylic acid groups (broad SMARTS) is 1. The SMILES string of the molecule is CCCCCC(=O)ONC(=O)[C@@]1(CCCCC(=O)O)SC[C@@H]2NC(=O)N[C@@H]21. The fourth-order valence-electron chi connectivity index (χ4n) is 3.41. The number of thioether (sulfide) groups is 1. The minimum Gasteiger partial charge on any atom is -0.481 e. The number of amides is 3. The zero-order valence-corrected chi connectivity index (χ0v) is 16.2. The predicted octanol–water partition coefficient (Wildman–Crippen LogP) is 1.32. The molecule has 0 radical (unpaired) electrons. The summed E-state index contributed by atoms with van der Waals surface area (Å²) in [4.78, 5) is 52.0. The van der Waals surface area contributed by atoms with E-state index >= 15 is 0 Å². The van der Waals surface area contributed by atoms with Gasteiger partial charge < -0.3 is 20.6 Å². The predicted molar refractivity (Wildman–Crippen MR) is 98.9 cm³/mol. The van der Waals surface area contributed by atoms with E-state index in [0.29, 0.717) is 31.4 Å². The van der Waals surface area contributed by atoms with Gasteiger partial charge in [0, 0.05) is 18.6 Å². The third-order valence-electron chi connectivity index (χ3n) is 4.84. The van der Waals surface area contributed by atoms with E-state index in [0.717, 1.165) is 12.8 Å². The van der Waals surface area contributed by atoms with Gasteiger partial charge >= 0.3 is 18.0 Å². The minimum atomic E-state index is -0.994. The molecule has 2 aliphatic rings. The maximum atomic E-state index is 12.9. The molecule has 10 heteroatoms. The Kier molecular flexibility index (Phi) is 7.76. The van der Waals surface area contributed by atoms with E-state index in [-0.39, 0.29) is 24.9 Å². The van der Waals surface area contributed by atoms with Gasteiger partial charge in [-0.3, -0.25) is 9.59 Å². The fraction of sp³-hybridized carbons (Fsp3) is 0.765. The van der Waals surface area contributed by atoms with Gasteiger partial charge in [0.2, 0.25) is 0 Å². The first kappa shape index (κ1) is 21.3. The van der Waals surface area contributed by atoms with Gasteiger partial charge in [0.15, 0.2) is 0 Å².